The Balaban J connectivity index is 3.53. The van der Waals surface area contributed by atoms with Crippen molar-refractivity contribution in [3.8, 4) is 6.07 Å². The molecule has 0 spiro atoms. The molecule has 0 N–H and O–H groups in total. The molecule has 0 aliphatic carbocycles. The largest absolute Gasteiger partial charge is 0.298 e. The maximum atomic E-state index is 12.4. The quantitative estimate of drug-likeness (QED) is 0.580. The Morgan fingerprint density at radius 3 is 2.67 bits per heavy atom. The predicted molar refractivity (Wildman–Crippen MR) is 45.6 cm³/mol. The summed E-state index contributed by atoms with van der Waals surface area (Å²) < 4.78 is 24.9. The van der Waals surface area contributed by atoms with Crippen LogP contribution in [0.15, 0.2) is 6.20 Å². The zero-order valence-corrected chi connectivity index (χ0v) is 7.70. The number of hydrogen-bond donors (Lipinski definition) is 0. The van der Waals surface area contributed by atoms with Gasteiger partial charge in [0.2, 0.25) is 0 Å². The van der Waals surface area contributed by atoms with E-state index < -0.39 is 33.3 Å². The van der Waals surface area contributed by atoms with Crippen molar-refractivity contribution in [2.24, 2.45) is 0 Å². The van der Waals surface area contributed by atoms with Crippen LogP contribution in [0.3, 0.4) is 0 Å². The third-order valence-corrected chi connectivity index (χ3v) is 1.94. The summed E-state index contributed by atoms with van der Waals surface area (Å²) in [6.07, 6.45) is -2.54. The maximum absolute atomic E-state index is 12.4. The van der Waals surface area contributed by atoms with E-state index in [0.29, 0.717) is 6.20 Å². The van der Waals surface area contributed by atoms with E-state index in [1.165, 1.54) is 6.07 Å². The lowest BCUT2D eigenvalue weighted by molar-refractivity contribution is -0.386. The standard InChI is InChI=1S/C7H2ClF2N3O2/c8-6-3(1-11)12-2-4(13(14)15)5(6)7(9)10/h2,7H. The molecule has 0 fully saturated rings. The smallest absolute Gasteiger partial charge is 0.258 e. The average molecular weight is 234 g/mol. The van der Waals surface area contributed by atoms with Gasteiger partial charge in [-0.05, 0) is 0 Å². The summed E-state index contributed by atoms with van der Waals surface area (Å²) in [6, 6.07) is 1.46. The van der Waals surface area contributed by atoms with Gasteiger partial charge >= 0.3 is 0 Å². The normalized spacial score (nSPS) is 10.1. The van der Waals surface area contributed by atoms with Crippen LogP contribution in [0.25, 0.3) is 0 Å². The lowest BCUT2D eigenvalue weighted by Crippen LogP contribution is -2.00. The number of pyridine rings is 1. The van der Waals surface area contributed by atoms with E-state index in [1.807, 2.05) is 0 Å². The first-order valence-corrected chi connectivity index (χ1v) is 3.87. The number of nitriles is 1. The van der Waals surface area contributed by atoms with Gasteiger partial charge in [0.15, 0.2) is 5.69 Å². The van der Waals surface area contributed by atoms with Gasteiger partial charge in [-0.2, -0.15) is 5.26 Å². The second kappa shape index (κ2) is 4.14. The van der Waals surface area contributed by atoms with Crippen molar-refractivity contribution in [2.75, 3.05) is 0 Å². The first kappa shape index (κ1) is 11.3. The molecule has 0 bridgehead atoms. The summed E-state index contributed by atoms with van der Waals surface area (Å²) in [4.78, 5) is 12.6. The highest BCUT2D eigenvalue weighted by atomic mass is 35.5. The zero-order chi connectivity index (χ0) is 11.6. The van der Waals surface area contributed by atoms with E-state index in [-0.39, 0.29) is 0 Å². The molecule has 1 heterocycles. The highest BCUT2D eigenvalue weighted by molar-refractivity contribution is 6.32. The van der Waals surface area contributed by atoms with Gasteiger partial charge in [0.25, 0.3) is 12.1 Å². The number of nitrogens with zero attached hydrogens (tertiary/aromatic N) is 3. The highest BCUT2D eigenvalue weighted by Gasteiger charge is 2.27. The highest BCUT2D eigenvalue weighted by Crippen LogP contribution is 2.35. The van der Waals surface area contributed by atoms with Crippen LogP contribution < -0.4 is 0 Å². The van der Waals surface area contributed by atoms with Crippen molar-refractivity contribution in [1.82, 2.24) is 4.98 Å². The molecule has 5 nitrogen and oxygen atoms in total. The molecule has 78 valence electrons. The molecule has 0 aliphatic heterocycles. The summed E-state index contributed by atoms with van der Waals surface area (Å²) in [5, 5.41) is 18.1. The van der Waals surface area contributed by atoms with Crippen molar-refractivity contribution in [3.63, 3.8) is 0 Å². The minimum Gasteiger partial charge on any atom is -0.258 e. The Labute approximate surface area is 87.1 Å². The van der Waals surface area contributed by atoms with Gasteiger partial charge in [0.1, 0.15) is 17.8 Å². The molecule has 0 aromatic carbocycles. The fraction of sp³-hybridized carbons (Fsp3) is 0.143. The Morgan fingerprint density at radius 2 is 2.27 bits per heavy atom. The van der Waals surface area contributed by atoms with Gasteiger partial charge in [-0.25, -0.2) is 13.8 Å². The molecule has 0 radical (unpaired) electrons. The minimum absolute atomic E-state index is 0.461. The number of aromatic nitrogens is 1. The van der Waals surface area contributed by atoms with Crippen LogP contribution in [-0.4, -0.2) is 9.91 Å². The van der Waals surface area contributed by atoms with Gasteiger partial charge in [-0.1, -0.05) is 11.6 Å². The predicted octanol–water partition coefficient (Wildman–Crippen LogP) is 2.45. The fourth-order valence-electron chi connectivity index (χ4n) is 0.923. The van der Waals surface area contributed by atoms with E-state index in [4.69, 9.17) is 16.9 Å². The monoisotopic (exact) mass is 233 g/mol. The van der Waals surface area contributed by atoms with E-state index in [2.05, 4.69) is 4.98 Å². The molecule has 0 saturated heterocycles. The van der Waals surface area contributed by atoms with Gasteiger partial charge in [0, 0.05) is 0 Å². The van der Waals surface area contributed by atoms with E-state index in [0.717, 1.165) is 0 Å². The molecule has 0 unspecified atom stereocenters. The Bertz CT molecular complexity index is 458. The molecule has 0 amide bonds. The van der Waals surface area contributed by atoms with Crippen LogP contribution in [0, 0.1) is 21.4 Å². The number of nitro groups is 1. The van der Waals surface area contributed by atoms with E-state index >= 15 is 0 Å². The van der Waals surface area contributed by atoms with Crippen molar-refractivity contribution in [2.45, 2.75) is 6.43 Å². The molecule has 15 heavy (non-hydrogen) atoms. The number of rotatable bonds is 2. The molecular formula is C7H2ClF2N3O2. The van der Waals surface area contributed by atoms with Gasteiger partial charge < -0.3 is 0 Å². The van der Waals surface area contributed by atoms with Crippen molar-refractivity contribution in [3.05, 3.63) is 32.6 Å². The van der Waals surface area contributed by atoms with Crippen molar-refractivity contribution in [1.29, 1.82) is 5.26 Å². The fourth-order valence-corrected chi connectivity index (χ4v) is 1.19. The summed E-state index contributed by atoms with van der Waals surface area (Å²) in [5.41, 5.74) is -2.33. The van der Waals surface area contributed by atoms with Crippen LogP contribution in [0.2, 0.25) is 5.02 Å². The second-order valence-electron chi connectivity index (χ2n) is 2.39. The van der Waals surface area contributed by atoms with Crippen LogP contribution in [0.1, 0.15) is 17.7 Å². The minimum atomic E-state index is -3.13. The molecular weight excluding hydrogens is 232 g/mol. The van der Waals surface area contributed by atoms with Crippen LogP contribution in [-0.2, 0) is 0 Å². The summed E-state index contributed by atoms with van der Waals surface area (Å²) in [6.45, 7) is 0. The molecule has 1 rings (SSSR count). The van der Waals surface area contributed by atoms with Crippen molar-refractivity contribution < 1.29 is 13.7 Å². The molecule has 1 aromatic heterocycles. The molecule has 0 saturated carbocycles. The summed E-state index contributed by atoms with van der Waals surface area (Å²) >= 11 is 5.38. The lowest BCUT2D eigenvalue weighted by atomic mass is 10.2. The topological polar surface area (TPSA) is 79.8 Å². The molecule has 0 atom stereocenters. The molecule has 1 aromatic rings. The van der Waals surface area contributed by atoms with Crippen LogP contribution in [0.4, 0.5) is 14.5 Å². The summed E-state index contributed by atoms with van der Waals surface area (Å²) in [7, 11) is 0. The summed E-state index contributed by atoms with van der Waals surface area (Å²) in [5.74, 6) is 0. The third kappa shape index (κ3) is 1.99. The Morgan fingerprint density at radius 1 is 1.67 bits per heavy atom. The first-order valence-electron chi connectivity index (χ1n) is 3.50. The molecule has 0 aliphatic rings. The van der Waals surface area contributed by atoms with Gasteiger partial charge in [-0.3, -0.25) is 10.1 Å². The Kier molecular flexibility index (Phi) is 3.11. The van der Waals surface area contributed by atoms with Gasteiger partial charge in [-0.15, -0.1) is 0 Å². The number of halogens is 3. The van der Waals surface area contributed by atoms with Crippen molar-refractivity contribution >= 4 is 17.3 Å². The molecule has 8 heteroatoms. The van der Waals surface area contributed by atoms with E-state index in [9.17, 15) is 18.9 Å². The number of alkyl halides is 2. The lowest BCUT2D eigenvalue weighted by Gasteiger charge is -2.04. The van der Waals surface area contributed by atoms with Crippen LogP contribution in [0.5, 0.6) is 0 Å². The number of hydrogen-bond acceptors (Lipinski definition) is 4. The maximum Gasteiger partial charge on any atom is 0.298 e. The third-order valence-electron chi connectivity index (χ3n) is 1.56. The second-order valence-corrected chi connectivity index (χ2v) is 2.77. The van der Waals surface area contributed by atoms with Crippen LogP contribution >= 0.6 is 11.6 Å². The SMILES string of the molecule is N#Cc1ncc([N+](=O)[O-])c(C(F)F)c1Cl. The average Bonchev–Trinajstić information content (AvgIpc) is 2.16. The first-order chi connectivity index (χ1) is 6.99. The van der Waals surface area contributed by atoms with E-state index in [1.54, 1.807) is 0 Å². The Hall–Kier alpha value is -1.81. The van der Waals surface area contributed by atoms with Gasteiger partial charge in [0.05, 0.1) is 9.95 Å². The zero-order valence-electron chi connectivity index (χ0n) is 6.95.